The summed E-state index contributed by atoms with van der Waals surface area (Å²) in [6, 6.07) is 14.6. The van der Waals surface area contributed by atoms with Gasteiger partial charge in [-0.25, -0.2) is 4.68 Å². The van der Waals surface area contributed by atoms with E-state index in [9.17, 15) is 9.59 Å². The lowest BCUT2D eigenvalue weighted by Gasteiger charge is -2.34. The summed E-state index contributed by atoms with van der Waals surface area (Å²) in [6.07, 6.45) is 2.63. The van der Waals surface area contributed by atoms with Gasteiger partial charge >= 0.3 is 0 Å². The third-order valence-electron chi connectivity index (χ3n) is 5.12. The van der Waals surface area contributed by atoms with Crippen LogP contribution >= 0.6 is 0 Å². The minimum absolute atomic E-state index is 0.0319. The highest BCUT2D eigenvalue weighted by molar-refractivity contribution is 5.83. The highest BCUT2D eigenvalue weighted by Gasteiger charge is 2.24. The van der Waals surface area contributed by atoms with Gasteiger partial charge in [0.05, 0.1) is 0 Å². The molecule has 0 bridgehead atoms. The number of nitrogens with zero attached hydrogens (tertiary/aromatic N) is 6. The van der Waals surface area contributed by atoms with Crippen molar-refractivity contribution in [1.82, 2.24) is 30.0 Å². The van der Waals surface area contributed by atoms with Gasteiger partial charge in [-0.15, -0.1) is 5.10 Å². The van der Waals surface area contributed by atoms with Gasteiger partial charge < -0.3 is 9.80 Å². The first-order valence-electron chi connectivity index (χ1n) is 9.43. The van der Waals surface area contributed by atoms with Crippen LogP contribution in [-0.4, -0.2) is 68.0 Å². The molecule has 2 heterocycles. The fraction of sp³-hybridized carbons (Fsp3) is 0.350. The zero-order valence-corrected chi connectivity index (χ0v) is 15.6. The van der Waals surface area contributed by atoms with Crippen molar-refractivity contribution in [2.45, 2.75) is 19.4 Å². The van der Waals surface area contributed by atoms with Crippen LogP contribution in [0.1, 0.15) is 12.0 Å². The number of tetrazole rings is 1. The molecule has 2 aromatic carbocycles. The number of fused-ring (bicyclic) bond motifs is 1. The van der Waals surface area contributed by atoms with Gasteiger partial charge in [-0.3, -0.25) is 9.59 Å². The molecule has 0 spiro atoms. The van der Waals surface area contributed by atoms with Crippen molar-refractivity contribution < 1.29 is 9.59 Å². The largest absolute Gasteiger partial charge is 0.339 e. The first-order valence-corrected chi connectivity index (χ1v) is 9.43. The van der Waals surface area contributed by atoms with Crippen molar-refractivity contribution in [3.8, 4) is 0 Å². The molecule has 28 heavy (non-hydrogen) atoms. The maximum atomic E-state index is 12.6. The standard InChI is InChI=1S/C20H22N6O2/c27-19(8-6-16-5-7-17-3-1-2-4-18(17)13-16)24-9-11-25(12-10-24)20(28)14-26-15-21-22-23-26/h1-5,7,13,15H,6,8-12,14H2. The lowest BCUT2D eigenvalue weighted by atomic mass is 10.0. The van der Waals surface area contributed by atoms with E-state index in [4.69, 9.17) is 0 Å². The van der Waals surface area contributed by atoms with Gasteiger partial charge in [-0.1, -0.05) is 42.5 Å². The third kappa shape index (κ3) is 4.16. The van der Waals surface area contributed by atoms with Crippen LogP contribution < -0.4 is 0 Å². The number of aryl methyl sites for hydroxylation is 1. The number of carbonyl (C=O) groups excluding carboxylic acids is 2. The Morgan fingerprint density at radius 3 is 2.32 bits per heavy atom. The Balaban J connectivity index is 1.26. The number of rotatable bonds is 5. The third-order valence-corrected chi connectivity index (χ3v) is 5.12. The van der Waals surface area contributed by atoms with Crippen molar-refractivity contribution in [2.24, 2.45) is 0 Å². The molecule has 1 aliphatic heterocycles. The minimum Gasteiger partial charge on any atom is -0.339 e. The molecule has 0 unspecified atom stereocenters. The molecule has 144 valence electrons. The Morgan fingerprint density at radius 2 is 1.61 bits per heavy atom. The van der Waals surface area contributed by atoms with Gasteiger partial charge in [0.2, 0.25) is 11.8 Å². The average Bonchev–Trinajstić information content (AvgIpc) is 3.25. The van der Waals surface area contributed by atoms with Crippen LogP contribution in [0.25, 0.3) is 10.8 Å². The van der Waals surface area contributed by atoms with Gasteiger partial charge in [0.1, 0.15) is 12.9 Å². The van der Waals surface area contributed by atoms with E-state index in [0.717, 1.165) is 6.42 Å². The van der Waals surface area contributed by atoms with Gasteiger partial charge in [0, 0.05) is 32.6 Å². The first kappa shape index (κ1) is 18.1. The molecule has 1 fully saturated rings. The maximum absolute atomic E-state index is 12.6. The minimum atomic E-state index is -0.0319. The summed E-state index contributed by atoms with van der Waals surface area (Å²) in [5, 5.41) is 13.2. The molecule has 8 heteroatoms. The zero-order chi connectivity index (χ0) is 19.3. The van der Waals surface area contributed by atoms with Crippen molar-refractivity contribution in [1.29, 1.82) is 0 Å². The highest BCUT2D eigenvalue weighted by Crippen LogP contribution is 2.17. The Morgan fingerprint density at radius 1 is 0.893 bits per heavy atom. The van der Waals surface area contributed by atoms with E-state index in [0.29, 0.717) is 32.6 Å². The smallest absolute Gasteiger partial charge is 0.244 e. The SMILES string of the molecule is O=C(CCc1ccc2ccccc2c1)N1CCN(C(=O)Cn2cnnn2)CC1. The fourth-order valence-corrected chi connectivity index (χ4v) is 3.50. The van der Waals surface area contributed by atoms with Gasteiger partial charge in [0.15, 0.2) is 0 Å². The predicted molar refractivity (Wildman–Crippen MR) is 103 cm³/mol. The van der Waals surface area contributed by atoms with E-state index < -0.39 is 0 Å². The number of benzene rings is 2. The van der Waals surface area contributed by atoms with Crippen LogP contribution in [-0.2, 0) is 22.6 Å². The first-order chi connectivity index (χ1) is 13.7. The second-order valence-electron chi connectivity index (χ2n) is 6.95. The second-order valence-corrected chi connectivity index (χ2v) is 6.95. The quantitative estimate of drug-likeness (QED) is 0.665. The number of hydrogen-bond donors (Lipinski definition) is 0. The van der Waals surface area contributed by atoms with Gasteiger partial charge in [-0.2, -0.15) is 0 Å². The van der Waals surface area contributed by atoms with Crippen LogP contribution in [0.15, 0.2) is 48.8 Å². The van der Waals surface area contributed by atoms with E-state index in [1.807, 2.05) is 17.0 Å². The molecule has 0 saturated carbocycles. The van der Waals surface area contributed by atoms with Crippen LogP contribution in [0.2, 0.25) is 0 Å². The molecular formula is C20H22N6O2. The molecule has 0 aliphatic carbocycles. The molecule has 2 amide bonds. The molecule has 1 saturated heterocycles. The van der Waals surface area contributed by atoms with Crippen molar-refractivity contribution in [3.63, 3.8) is 0 Å². The van der Waals surface area contributed by atoms with Crippen LogP contribution in [0.5, 0.6) is 0 Å². The van der Waals surface area contributed by atoms with Crippen molar-refractivity contribution >= 4 is 22.6 Å². The summed E-state index contributed by atoms with van der Waals surface area (Å²) in [5.74, 6) is 0.108. The lowest BCUT2D eigenvalue weighted by Crippen LogP contribution is -2.51. The maximum Gasteiger partial charge on any atom is 0.244 e. The Bertz CT molecular complexity index is 964. The predicted octanol–water partition coefficient (Wildman–Crippen LogP) is 1.13. The zero-order valence-electron chi connectivity index (χ0n) is 15.6. The fourth-order valence-electron chi connectivity index (χ4n) is 3.50. The molecule has 3 aromatic rings. The summed E-state index contributed by atoms with van der Waals surface area (Å²) in [6.45, 7) is 2.35. The molecule has 0 radical (unpaired) electrons. The summed E-state index contributed by atoms with van der Waals surface area (Å²) < 4.78 is 1.41. The average molecular weight is 378 g/mol. The Labute approximate surface area is 162 Å². The number of aromatic nitrogens is 4. The van der Waals surface area contributed by atoms with Crippen LogP contribution in [0.3, 0.4) is 0 Å². The molecule has 4 rings (SSSR count). The second kappa shape index (κ2) is 8.16. The summed E-state index contributed by atoms with van der Waals surface area (Å²) in [7, 11) is 0. The molecule has 0 N–H and O–H groups in total. The van der Waals surface area contributed by atoms with E-state index in [1.54, 1.807) is 4.90 Å². The van der Waals surface area contributed by atoms with E-state index in [1.165, 1.54) is 27.3 Å². The lowest BCUT2D eigenvalue weighted by molar-refractivity contribution is -0.140. The van der Waals surface area contributed by atoms with Crippen molar-refractivity contribution in [3.05, 3.63) is 54.4 Å². The number of piperazine rings is 1. The summed E-state index contributed by atoms with van der Waals surface area (Å²) in [5.41, 5.74) is 1.17. The molecule has 8 nitrogen and oxygen atoms in total. The number of hydrogen-bond acceptors (Lipinski definition) is 5. The number of carbonyl (C=O) groups is 2. The molecule has 1 aliphatic rings. The normalized spacial score (nSPS) is 14.4. The summed E-state index contributed by atoms with van der Waals surface area (Å²) >= 11 is 0. The molecular weight excluding hydrogens is 356 g/mol. The van der Waals surface area contributed by atoms with Gasteiger partial charge in [-0.05, 0) is 33.2 Å². The van der Waals surface area contributed by atoms with E-state index in [2.05, 4.69) is 45.9 Å². The Kier molecular flexibility index (Phi) is 5.27. The van der Waals surface area contributed by atoms with E-state index >= 15 is 0 Å². The van der Waals surface area contributed by atoms with E-state index in [-0.39, 0.29) is 18.4 Å². The topological polar surface area (TPSA) is 84.2 Å². The highest BCUT2D eigenvalue weighted by atomic mass is 16.2. The Hall–Kier alpha value is -3.29. The summed E-state index contributed by atoms with van der Waals surface area (Å²) in [4.78, 5) is 28.4. The van der Waals surface area contributed by atoms with Crippen molar-refractivity contribution in [2.75, 3.05) is 26.2 Å². The van der Waals surface area contributed by atoms with Crippen LogP contribution in [0.4, 0.5) is 0 Å². The number of amides is 2. The monoisotopic (exact) mass is 378 g/mol. The molecule has 0 atom stereocenters. The van der Waals surface area contributed by atoms with Crippen LogP contribution in [0, 0.1) is 0 Å². The van der Waals surface area contributed by atoms with Gasteiger partial charge in [0.25, 0.3) is 0 Å². The molecule has 1 aromatic heterocycles.